The Bertz CT molecular complexity index is 1710. The molecule has 438 valence electrons. The van der Waals surface area contributed by atoms with E-state index in [9.17, 15) is 35.1 Å². The second kappa shape index (κ2) is 52.7. The van der Waals surface area contributed by atoms with E-state index in [0.29, 0.717) is 12.8 Å². The molecular weight excluding hydrogens is 967 g/mol. The van der Waals surface area contributed by atoms with E-state index in [1.165, 1.54) is 51.4 Å². The number of carbonyl (C=O) groups is 2. The van der Waals surface area contributed by atoms with Gasteiger partial charge < -0.3 is 45.1 Å². The van der Waals surface area contributed by atoms with Gasteiger partial charge in [-0.1, -0.05) is 239 Å². The lowest BCUT2D eigenvalue weighted by atomic mass is 9.99. The number of aliphatic hydroxyl groups is 5. The highest BCUT2D eigenvalue weighted by atomic mass is 16.7. The van der Waals surface area contributed by atoms with Crippen LogP contribution in [0.1, 0.15) is 220 Å². The van der Waals surface area contributed by atoms with Crippen molar-refractivity contribution in [1.29, 1.82) is 0 Å². The topological polar surface area (TPSA) is 175 Å². The third-order valence-corrected chi connectivity index (χ3v) is 13.4. The summed E-state index contributed by atoms with van der Waals surface area (Å²) in [5.74, 6) is -1.26. The fourth-order valence-electron chi connectivity index (χ4n) is 8.65. The molecule has 0 saturated carbocycles. The van der Waals surface area contributed by atoms with Crippen LogP contribution in [-0.2, 0) is 23.8 Å². The molecule has 0 aromatic carbocycles. The molecule has 6 N–H and O–H groups in total. The van der Waals surface area contributed by atoms with Crippen molar-refractivity contribution in [3.05, 3.63) is 122 Å². The lowest BCUT2D eigenvalue weighted by molar-refractivity contribution is -0.305. The molecule has 1 aliphatic heterocycles. The average molecular weight is 1080 g/mol. The molecule has 1 fully saturated rings. The van der Waals surface area contributed by atoms with E-state index in [0.717, 1.165) is 122 Å². The summed E-state index contributed by atoms with van der Waals surface area (Å²) in [5, 5.41) is 56.9. The summed E-state index contributed by atoms with van der Waals surface area (Å²) < 4.78 is 17.6. The van der Waals surface area contributed by atoms with E-state index in [1.54, 1.807) is 6.08 Å². The van der Waals surface area contributed by atoms with E-state index in [1.807, 2.05) is 18.2 Å². The molecule has 0 aromatic heterocycles. The number of nitrogens with one attached hydrogen (secondary N) is 1. The highest BCUT2D eigenvalue weighted by Gasteiger charge is 2.47. The van der Waals surface area contributed by atoms with Crippen LogP contribution in [0.3, 0.4) is 0 Å². The van der Waals surface area contributed by atoms with Crippen LogP contribution in [0.4, 0.5) is 0 Å². The number of amides is 1. The van der Waals surface area contributed by atoms with Crippen molar-refractivity contribution in [2.75, 3.05) is 13.2 Å². The molecule has 0 bridgehead atoms. The number of aliphatic hydroxyl groups excluding tert-OH is 5. The largest absolute Gasteiger partial charge is 0.454 e. The maximum Gasteiger partial charge on any atom is 0.306 e. The molecule has 0 aromatic rings. The summed E-state index contributed by atoms with van der Waals surface area (Å²) in [6.45, 7) is 5.50. The number of rotatable bonds is 49. The molecule has 8 unspecified atom stereocenters. The Morgan fingerprint density at radius 2 is 1.00 bits per heavy atom. The normalized spacial score (nSPS) is 19.9. The molecule has 77 heavy (non-hydrogen) atoms. The van der Waals surface area contributed by atoms with Gasteiger partial charge in [0.25, 0.3) is 0 Å². The van der Waals surface area contributed by atoms with E-state index in [2.05, 4.69) is 123 Å². The van der Waals surface area contributed by atoms with Gasteiger partial charge in [-0.25, -0.2) is 0 Å². The van der Waals surface area contributed by atoms with Crippen molar-refractivity contribution in [3.63, 3.8) is 0 Å². The van der Waals surface area contributed by atoms with E-state index in [-0.39, 0.29) is 19.4 Å². The average Bonchev–Trinajstić information content (AvgIpc) is 3.43. The molecule has 1 rings (SSSR count). The predicted octanol–water partition coefficient (Wildman–Crippen LogP) is 14.3. The summed E-state index contributed by atoms with van der Waals surface area (Å²) >= 11 is 0. The zero-order valence-corrected chi connectivity index (χ0v) is 48.3. The molecule has 1 heterocycles. The van der Waals surface area contributed by atoms with Gasteiger partial charge in [0.1, 0.15) is 24.4 Å². The zero-order chi connectivity index (χ0) is 56.1. The first-order valence-electron chi connectivity index (χ1n) is 30.3. The predicted molar refractivity (Wildman–Crippen MR) is 319 cm³/mol. The van der Waals surface area contributed by atoms with Gasteiger partial charge >= 0.3 is 5.97 Å². The molecule has 0 aliphatic carbocycles. The van der Waals surface area contributed by atoms with Crippen LogP contribution in [0.2, 0.25) is 0 Å². The summed E-state index contributed by atoms with van der Waals surface area (Å²) in [6, 6.07) is -1.05. The Hall–Kier alpha value is -3.94. The summed E-state index contributed by atoms with van der Waals surface area (Å²) in [5.41, 5.74) is 0. The zero-order valence-electron chi connectivity index (χ0n) is 48.3. The monoisotopic (exact) mass is 1080 g/mol. The minimum absolute atomic E-state index is 0.0600. The number of hydrogen-bond acceptors (Lipinski definition) is 10. The first kappa shape index (κ1) is 71.1. The molecule has 8 atom stereocenters. The first-order valence-corrected chi connectivity index (χ1v) is 30.3. The molecule has 0 spiro atoms. The standard InChI is InChI=1S/C66H109NO10/c1-4-7-10-13-16-19-22-25-27-28-29-30-31-32-33-36-39-42-45-48-51-54-61(71)77-64-63(73)62(72)60(55-68)76-66(64)75-56-57(58(69)52-49-46-43-40-37-34-24-21-18-15-12-9-6-3)67-65(74)59(70)53-50-47-44-41-38-35-26-23-20-17-14-11-8-5-2/h7-8,10-11,14,16-17,19-20,23,25,27,29-30,32-33,39,42,49,52,57-60,62-64,66,68-70,72-73H,4-6,9,12-13,15,18,21-22,24,26,28,31,34-38,40-41,43-48,50-51,53-56H2,1-3H3,(H,67,74)/b10-7-,11-8+,17-14+,19-16-,23-20+,27-25-,30-29-,33-32-,42-39-,52-49+. The quantitative estimate of drug-likeness (QED) is 0.0149. The van der Waals surface area contributed by atoms with Crippen LogP contribution in [-0.4, -0.2) is 99.6 Å². The number of ether oxygens (including phenoxy) is 3. The number of allylic oxidation sites excluding steroid dienone is 19. The SMILES string of the molecule is CC/C=C\C/C=C\C/C=C\C/C=C\C/C=C\C/C=C\CCCCC(=O)OC1C(OCC(NC(=O)C(O)CCCCCCCC/C=C/C=C/C=C/CC)C(O)/C=C/CCCCCCCCCCCCC)OC(CO)C(O)C1O. The highest BCUT2D eigenvalue weighted by Crippen LogP contribution is 2.26. The Morgan fingerprint density at radius 1 is 0.532 bits per heavy atom. The first-order chi connectivity index (χ1) is 37.7. The van der Waals surface area contributed by atoms with E-state index >= 15 is 0 Å². The van der Waals surface area contributed by atoms with Gasteiger partial charge in [0.15, 0.2) is 12.4 Å². The third-order valence-electron chi connectivity index (χ3n) is 13.4. The van der Waals surface area contributed by atoms with Gasteiger partial charge in [-0.05, 0) is 96.3 Å². The molecule has 1 saturated heterocycles. The maximum absolute atomic E-state index is 13.4. The third kappa shape index (κ3) is 40.8. The molecule has 11 heteroatoms. The van der Waals surface area contributed by atoms with Crippen LogP contribution in [0.15, 0.2) is 122 Å². The van der Waals surface area contributed by atoms with Crippen LogP contribution in [0.25, 0.3) is 0 Å². The Balaban J connectivity index is 2.74. The van der Waals surface area contributed by atoms with Crippen molar-refractivity contribution in [2.24, 2.45) is 0 Å². The summed E-state index contributed by atoms with van der Waals surface area (Å²) in [6.07, 6.45) is 62.3. The molecular formula is C66H109NO10. The highest BCUT2D eigenvalue weighted by molar-refractivity contribution is 5.80. The number of hydrogen-bond donors (Lipinski definition) is 6. The Kier molecular flexibility index (Phi) is 48.7. The lowest BCUT2D eigenvalue weighted by Crippen LogP contribution is -2.61. The Labute approximate surface area is 468 Å². The number of esters is 1. The van der Waals surface area contributed by atoms with Crippen LogP contribution in [0.5, 0.6) is 0 Å². The van der Waals surface area contributed by atoms with Crippen molar-refractivity contribution >= 4 is 11.9 Å². The molecule has 1 amide bonds. The van der Waals surface area contributed by atoms with Crippen LogP contribution >= 0.6 is 0 Å². The van der Waals surface area contributed by atoms with Gasteiger partial charge in [0, 0.05) is 6.42 Å². The molecule has 11 nitrogen and oxygen atoms in total. The van der Waals surface area contributed by atoms with Crippen LogP contribution < -0.4 is 5.32 Å². The van der Waals surface area contributed by atoms with E-state index < -0.39 is 67.4 Å². The maximum atomic E-state index is 13.4. The van der Waals surface area contributed by atoms with Crippen molar-refractivity contribution in [3.8, 4) is 0 Å². The summed E-state index contributed by atoms with van der Waals surface area (Å²) in [7, 11) is 0. The fraction of sp³-hybridized carbons (Fsp3) is 0.667. The molecule has 1 aliphatic rings. The second-order valence-electron chi connectivity index (χ2n) is 20.4. The van der Waals surface area contributed by atoms with Crippen molar-refractivity contribution in [1.82, 2.24) is 5.32 Å². The molecule has 0 radical (unpaired) electrons. The van der Waals surface area contributed by atoms with Crippen molar-refractivity contribution in [2.45, 2.75) is 269 Å². The summed E-state index contributed by atoms with van der Waals surface area (Å²) in [4.78, 5) is 26.5. The Morgan fingerprint density at radius 3 is 1.55 bits per heavy atom. The second-order valence-corrected chi connectivity index (χ2v) is 20.4. The smallest absolute Gasteiger partial charge is 0.306 e. The van der Waals surface area contributed by atoms with Crippen molar-refractivity contribution < 1.29 is 49.3 Å². The minimum Gasteiger partial charge on any atom is -0.454 e. The minimum atomic E-state index is -1.64. The van der Waals surface area contributed by atoms with E-state index in [4.69, 9.17) is 14.2 Å². The lowest BCUT2D eigenvalue weighted by Gasteiger charge is -2.41. The van der Waals surface area contributed by atoms with Gasteiger partial charge in [0.05, 0.1) is 25.4 Å². The van der Waals surface area contributed by atoms with Gasteiger partial charge in [-0.3, -0.25) is 9.59 Å². The van der Waals surface area contributed by atoms with Gasteiger partial charge in [-0.2, -0.15) is 0 Å². The number of carbonyl (C=O) groups excluding carboxylic acids is 2. The van der Waals surface area contributed by atoms with Crippen LogP contribution in [0, 0.1) is 0 Å². The van der Waals surface area contributed by atoms with Gasteiger partial charge in [0.2, 0.25) is 5.91 Å². The number of unbranched alkanes of at least 4 members (excludes halogenated alkanes) is 19. The van der Waals surface area contributed by atoms with Gasteiger partial charge in [-0.15, -0.1) is 0 Å². The fourth-order valence-corrected chi connectivity index (χ4v) is 8.65.